The lowest BCUT2D eigenvalue weighted by Crippen LogP contribution is -2.12. The van der Waals surface area contributed by atoms with Crippen molar-refractivity contribution >= 4 is 40.0 Å². The Morgan fingerprint density at radius 2 is 2.25 bits per heavy atom. The number of nitrogens with zero attached hydrogens (tertiary/aromatic N) is 1. The summed E-state index contributed by atoms with van der Waals surface area (Å²) in [5, 5.41) is 8.98. The van der Waals surface area contributed by atoms with Crippen molar-refractivity contribution in [3.8, 4) is 0 Å². The number of amides is 1. The Hall–Kier alpha value is -1.57. The van der Waals surface area contributed by atoms with Crippen LogP contribution in [0.4, 0.5) is 11.5 Å². The Morgan fingerprint density at radius 1 is 1.44 bits per heavy atom. The number of aromatic nitrogens is 2. The van der Waals surface area contributed by atoms with Crippen molar-refractivity contribution in [1.29, 1.82) is 0 Å². The van der Waals surface area contributed by atoms with Crippen molar-refractivity contribution in [2.45, 2.75) is 0 Å². The number of nitrogens with two attached hydrogens (primary N) is 1. The van der Waals surface area contributed by atoms with E-state index in [0.717, 1.165) is 9.26 Å². The predicted octanol–water partition coefficient (Wildman–Crippen LogP) is 1.85. The number of benzene rings is 1. The van der Waals surface area contributed by atoms with Crippen LogP contribution in [0.25, 0.3) is 0 Å². The molecule has 0 spiro atoms. The lowest BCUT2D eigenvalue weighted by molar-refractivity contribution is 0.102. The zero-order chi connectivity index (χ0) is 11.5. The monoisotopic (exact) mass is 328 g/mol. The second kappa shape index (κ2) is 4.52. The molecule has 82 valence electrons. The Balaban J connectivity index is 2.13. The molecule has 1 amide bonds. The van der Waals surface area contributed by atoms with Gasteiger partial charge in [-0.1, -0.05) is 6.07 Å². The normalized spacial score (nSPS) is 10.1. The second-order valence-corrected chi connectivity index (χ2v) is 4.42. The van der Waals surface area contributed by atoms with Crippen LogP contribution in [-0.2, 0) is 0 Å². The summed E-state index contributed by atoms with van der Waals surface area (Å²) in [6.07, 6.45) is 0. The number of hydrogen-bond donors (Lipinski definition) is 3. The maximum Gasteiger partial charge on any atom is 0.273 e. The van der Waals surface area contributed by atoms with E-state index in [1.807, 2.05) is 24.3 Å². The van der Waals surface area contributed by atoms with Crippen LogP contribution in [0.2, 0.25) is 0 Å². The van der Waals surface area contributed by atoms with Gasteiger partial charge in [0.25, 0.3) is 5.91 Å². The third kappa shape index (κ3) is 2.51. The number of nitrogen functional groups attached to an aromatic ring is 1. The molecule has 0 aliphatic heterocycles. The van der Waals surface area contributed by atoms with E-state index in [4.69, 9.17) is 5.73 Å². The first-order valence-corrected chi connectivity index (χ1v) is 5.61. The fourth-order valence-corrected chi connectivity index (χ4v) is 1.76. The summed E-state index contributed by atoms with van der Waals surface area (Å²) >= 11 is 2.18. The summed E-state index contributed by atoms with van der Waals surface area (Å²) < 4.78 is 1.06. The molecule has 2 rings (SSSR count). The van der Waals surface area contributed by atoms with Crippen LogP contribution in [0, 0.1) is 3.57 Å². The third-order valence-corrected chi connectivity index (χ3v) is 2.60. The van der Waals surface area contributed by atoms with Crippen molar-refractivity contribution in [2.24, 2.45) is 0 Å². The van der Waals surface area contributed by atoms with Crippen LogP contribution in [-0.4, -0.2) is 16.1 Å². The highest BCUT2D eigenvalue weighted by Crippen LogP contribution is 2.13. The number of aromatic amines is 1. The predicted molar refractivity (Wildman–Crippen MR) is 70.1 cm³/mol. The van der Waals surface area contributed by atoms with Gasteiger partial charge in [-0.15, -0.1) is 0 Å². The molecule has 1 aromatic carbocycles. The SMILES string of the molecule is Nc1cc(C(=O)Nc2cccc(I)c2)[nH]n1. The number of carbonyl (C=O) groups is 1. The minimum absolute atomic E-state index is 0.258. The van der Waals surface area contributed by atoms with Crippen molar-refractivity contribution in [2.75, 3.05) is 11.1 Å². The van der Waals surface area contributed by atoms with Crippen molar-refractivity contribution in [3.63, 3.8) is 0 Å². The van der Waals surface area contributed by atoms with E-state index >= 15 is 0 Å². The summed E-state index contributed by atoms with van der Waals surface area (Å²) in [6, 6.07) is 9.00. The van der Waals surface area contributed by atoms with Crippen LogP contribution < -0.4 is 11.1 Å². The standard InChI is InChI=1S/C10H9IN4O/c11-6-2-1-3-7(4-6)13-10(16)8-5-9(12)15-14-8/h1-5H,(H,13,16)(H3,12,14,15). The number of rotatable bonds is 2. The number of hydrogen-bond acceptors (Lipinski definition) is 3. The van der Waals surface area contributed by atoms with Crippen molar-refractivity contribution < 1.29 is 4.79 Å². The number of carbonyl (C=O) groups excluding carboxylic acids is 1. The van der Waals surface area contributed by atoms with Crippen LogP contribution >= 0.6 is 22.6 Å². The Labute approximate surface area is 106 Å². The molecule has 0 bridgehead atoms. The zero-order valence-corrected chi connectivity index (χ0v) is 10.4. The summed E-state index contributed by atoms with van der Waals surface area (Å²) in [5.74, 6) is 0.0407. The fourth-order valence-electron chi connectivity index (χ4n) is 1.22. The molecule has 0 aliphatic rings. The average Bonchev–Trinajstić information content (AvgIpc) is 2.65. The summed E-state index contributed by atoms with van der Waals surface area (Å²) in [5.41, 5.74) is 6.49. The maximum absolute atomic E-state index is 11.7. The highest BCUT2D eigenvalue weighted by Gasteiger charge is 2.08. The Bertz CT molecular complexity index is 523. The van der Waals surface area contributed by atoms with Crippen LogP contribution in [0.15, 0.2) is 30.3 Å². The number of halogens is 1. The molecule has 6 heteroatoms. The van der Waals surface area contributed by atoms with Gasteiger partial charge in [0.05, 0.1) is 0 Å². The molecule has 0 saturated carbocycles. The Morgan fingerprint density at radius 3 is 2.88 bits per heavy atom. The molecular weight excluding hydrogens is 319 g/mol. The van der Waals surface area contributed by atoms with Gasteiger partial charge < -0.3 is 11.1 Å². The van der Waals surface area contributed by atoms with Gasteiger partial charge in [-0.05, 0) is 40.8 Å². The van der Waals surface area contributed by atoms with E-state index in [0.29, 0.717) is 11.5 Å². The van der Waals surface area contributed by atoms with Gasteiger partial charge in [0, 0.05) is 15.3 Å². The van der Waals surface area contributed by atoms with Gasteiger partial charge in [-0.3, -0.25) is 9.89 Å². The van der Waals surface area contributed by atoms with E-state index in [2.05, 4.69) is 38.1 Å². The maximum atomic E-state index is 11.7. The highest BCUT2D eigenvalue weighted by atomic mass is 127. The molecular formula is C10H9IN4O. The minimum Gasteiger partial charge on any atom is -0.382 e. The molecule has 0 saturated heterocycles. The average molecular weight is 328 g/mol. The first kappa shape index (κ1) is 10.9. The van der Waals surface area contributed by atoms with Gasteiger partial charge in [0.2, 0.25) is 0 Å². The molecule has 1 aromatic heterocycles. The Kier molecular flexibility index (Phi) is 3.09. The van der Waals surface area contributed by atoms with Gasteiger partial charge in [0.1, 0.15) is 11.5 Å². The molecule has 1 heterocycles. The third-order valence-electron chi connectivity index (χ3n) is 1.92. The van der Waals surface area contributed by atoms with E-state index in [1.165, 1.54) is 6.07 Å². The second-order valence-electron chi connectivity index (χ2n) is 3.17. The van der Waals surface area contributed by atoms with E-state index < -0.39 is 0 Å². The molecule has 0 aliphatic carbocycles. The summed E-state index contributed by atoms with van der Waals surface area (Å²) in [6.45, 7) is 0. The molecule has 0 radical (unpaired) electrons. The fraction of sp³-hybridized carbons (Fsp3) is 0. The molecule has 2 aromatic rings. The summed E-state index contributed by atoms with van der Waals surface area (Å²) in [7, 11) is 0. The molecule has 16 heavy (non-hydrogen) atoms. The van der Waals surface area contributed by atoms with E-state index in [-0.39, 0.29) is 5.91 Å². The van der Waals surface area contributed by atoms with E-state index in [1.54, 1.807) is 0 Å². The lowest BCUT2D eigenvalue weighted by Gasteiger charge is -2.03. The molecule has 0 fully saturated rings. The minimum atomic E-state index is -0.258. The zero-order valence-electron chi connectivity index (χ0n) is 8.20. The van der Waals surface area contributed by atoms with Crippen LogP contribution in [0.1, 0.15) is 10.5 Å². The molecule has 5 nitrogen and oxygen atoms in total. The lowest BCUT2D eigenvalue weighted by atomic mass is 10.3. The number of anilines is 2. The van der Waals surface area contributed by atoms with Gasteiger partial charge >= 0.3 is 0 Å². The molecule has 0 unspecified atom stereocenters. The quantitative estimate of drug-likeness (QED) is 0.736. The number of H-pyrrole nitrogens is 1. The first-order valence-electron chi connectivity index (χ1n) is 4.53. The van der Waals surface area contributed by atoms with E-state index in [9.17, 15) is 4.79 Å². The largest absolute Gasteiger partial charge is 0.382 e. The highest BCUT2D eigenvalue weighted by molar-refractivity contribution is 14.1. The summed E-state index contributed by atoms with van der Waals surface area (Å²) in [4.78, 5) is 11.7. The first-order chi connectivity index (χ1) is 7.65. The molecule has 0 atom stereocenters. The molecule has 4 N–H and O–H groups in total. The van der Waals surface area contributed by atoms with Crippen molar-refractivity contribution in [1.82, 2.24) is 10.2 Å². The van der Waals surface area contributed by atoms with Crippen LogP contribution in [0.5, 0.6) is 0 Å². The smallest absolute Gasteiger partial charge is 0.273 e. The van der Waals surface area contributed by atoms with Gasteiger partial charge in [-0.25, -0.2) is 0 Å². The van der Waals surface area contributed by atoms with Gasteiger partial charge in [-0.2, -0.15) is 5.10 Å². The van der Waals surface area contributed by atoms with Crippen LogP contribution in [0.3, 0.4) is 0 Å². The topological polar surface area (TPSA) is 83.8 Å². The number of nitrogens with one attached hydrogen (secondary N) is 2. The van der Waals surface area contributed by atoms with Gasteiger partial charge in [0.15, 0.2) is 0 Å². The van der Waals surface area contributed by atoms with Crippen molar-refractivity contribution in [3.05, 3.63) is 39.6 Å².